The molecule has 0 aromatic carbocycles. The summed E-state index contributed by atoms with van der Waals surface area (Å²) in [6.07, 6.45) is 1.86. The van der Waals surface area contributed by atoms with Crippen molar-refractivity contribution in [3.8, 4) is 11.5 Å². The predicted molar refractivity (Wildman–Crippen MR) is 58.2 cm³/mol. The lowest BCUT2D eigenvalue weighted by atomic mass is 10.3. The topological polar surface area (TPSA) is 17.8 Å². The molecule has 1 rings (SSSR count). The molecule has 70 valence electrons. The van der Waals surface area contributed by atoms with Crippen LogP contribution in [0.3, 0.4) is 0 Å². The SMILES string of the molecule is Cc1cnn(C)c1C#C[Si](C)(C)C. The third kappa shape index (κ3) is 2.74. The van der Waals surface area contributed by atoms with Crippen LogP contribution in [0.15, 0.2) is 6.20 Å². The number of hydrogen-bond donors (Lipinski definition) is 0. The molecule has 1 heterocycles. The number of aromatic nitrogens is 2. The fraction of sp³-hybridized carbons (Fsp3) is 0.500. The molecule has 0 unspecified atom stereocenters. The highest BCUT2D eigenvalue weighted by Gasteiger charge is 2.08. The highest BCUT2D eigenvalue weighted by atomic mass is 28.3. The van der Waals surface area contributed by atoms with E-state index in [1.165, 1.54) is 0 Å². The summed E-state index contributed by atoms with van der Waals surface area (Å²) in [6, 6.07) is 0. The fourth-order valence-corrected chi connectivity index (χ4v) is 1.47. The van der Waals surface area contributed by atoms with E-state index in [1.807, 2.05) is 24.9 Å². The van der Waals surface area contributed by atoms with E-state index in [1.54, 1.807) is 0 Å². The van der Waals surface area contributed by atoms with Gasteiger partial charge in [0.2, 0.25) is 0 Å². The molecule has 0 aliphatic rings. The quantitative estimate of drug-likeness (QED) is 0.454. The van der Waals surface area contributed by atoms with Gasteiger partial charge in [0, 0.05) is 12.6 Å². The molecule has 0 N–H and O–H groups in total. The Labute approximate surface area is 81.0 Å². The summed E-state index contributed by atoms with van der Waals surface area (Å²) in [5.41, 5.74) is 5.54. The highest BCUT2D eigenvalue weighted by molar-refractivity contribution is 6.83. The van der Waals surface area contributed by atoms with Crippen LogP contribution >= 0.6 is 0 Å². The Morgan fingerprint density at radius 2 is 2.00 bits per heavy atom. The smallest absolute Gasteiger partial charge is 0.129 e. The molecule has 0 spiro atoms. The molecule has 3 heteroatoms. The monoisotopic (exact) mass is 192 g/mol. The molecule has 1 aromatic heterocycles. The van der Waals surface area contributed by atoms with Crippen LogP contribution in [0.5, 0.6) is 0 Å². The van der Waals surface area contributed by atoms with Crippen molar-refractivity contribution in [1.82, 2.24) is 9.78 Å². The number of nitrogens with zero attached hydrogens (tertiary/aromatic N) is 2. The van der Waals surface area contributed by atoms with E-state index in [4.69, 9.17) is 0 Å². The van der Waals surface area contributed by atoms with Crippen LogP contribution in [0.2, 0.25) is 19.6 Å². The second-order valence-electron chi connectivity index (χ2n) is 4.30. The highest BCUT2D eigenvalue weighted by Crippen LogP contribution is 2.04. The summed E-state index contributed by atoms with van der Waals surface area (Å²) in [5.74, 6) is 3.21. The van der Waals surface area contributed by atoms with Gasteiger partial charge in [0.25, 0.3) is 0 Å². The molecule has 1 aromatic rings. The van der Waals surface area contributed by atoms with E-state index >= 15 is 0 Å². The molecule has 0 aliphatic carbocycles. The zero-order valence-corrected chi connectivity index (χ0v) is 9.97. The van der Waals surface area contributed by atoms with Gasteiger partial charge in [-0.25, -0.2) is 0 Å². The molecule has 0 bridgehead atoms. The van der Waals surface area contributed by atoms with Gasteiger partial charge in [-0.3, -0.25) is 4.68 Å². The van der Waals surface area contributed by atoms with Gasteiger partial charge < -0.3 is 0 Å². The number of aryl methyl sites for hydroxylation is 2. The van der Waals surface area contributed by atoms with Gasteiger partial charge in [-0.1, -0.05) is 25.6 Å². The van der Waals surface area contributed by atoms with Crippen LogP contribution in [0.4, 0.5) is 0 Å². The summed E-state index contributed by atoms with van der Waals surface area (Å²) >= 11 is 0. The Kier molecular flexibility index (Phi) is 2.62. The lowest BCUT2D eigenvalue weighted by Gasteiger charge is -2.03. The molecule has 13 heavy (non-hydrogen) atoms. The largest absolute Gasteiger partial charge is 0.260 e. The second-order valence-corrected chi connectivity index (χ2v) is 9.05. The summed E-state index contributed by atoms with van der Waals surface area (Å²) in [5, 5.41) is 4.15. The zero-order chi connectivity index (χ0) is 10.1. The number of hydrogen-bond acceptors (Lipinski definition) is 1. The van der Waals surface area contributed by atoms with Gasteiger partial charge in [-0.2, -0.15) is 5.10 Å². The first-order valence-corrected chi connectivity index (χ1v) is 7.92. The Morgan fingerprint density at radius 3 is 2.38 bits per heavy atom. The molecule has 0 aliphatic heterocycles. The first kappa shape index (κ1) is 10.1. The lowest BCUT2D eigenvalue weighted by molar-refractivity contribution is 0.757. The van der Waals surface area contributed by atoms with Crippen molar-refractivity contribution in [1.29, 1.82) is 0 Å². The minimum atomic E-state index is -1.26. The van der Waals surface area contributed by atoms with Crippen molar-refractivity contribution < 1.29 is 0 Å². The molecule has 0 fully saturated rings. The Balaban J connectivity index is 3.02. The van der Waals surface area contributed by atoms with Crippen LogP contribution in [0, 0.1) is 18.4 Å². The van der Waals surface area contributed by atoms with E-state index in [9.17, 15) is 0 Å². The van der Waals surface area contributed by atoms with Crippen LogP contribution in [-0.4, -0.2) is 17.9 Å². The van der Waals surface area contributed by atoms with Crippen LogP contribution < -0.4 is 0 Å². The van der Waals surface area contributed by atoms with Crippen molar-refractivity contribution in [2.24, 2.45) is 7.05 Å². The van der Waals surface area contributed by atoms with E-state index in [0.717, 1.165) is 11.3 Å². The average Bonchev–Trinajstić information content (AvgIpc) is 2.27. The first-order valence-electron chi connectivity index (χ1n) is 4.42. The Morgan fingerprint density at radius 1 is 1.38 bits per heavy atom. The fourth-order valence-electron chi connectivity index (χ4n) is 0.973. The Bertz CT molecular complexity index is 341. The lowest BCUT2D eigenvalue weighted by Crippen LogP contribution is -2.16. The van der Waals surface area contributed by atoms with E-state index < -0.39 is 8.07 Å². The molecule has 0 atom stereocenters. The molecular formula is C10H16N2Si. The Hall–Kier alpha value is -1.01. The maximum atomic E-state index is 4.15. The van der Waals surface area contributed by atoms with Crippen molar-refractivity contribution in [2.75, 3.05) is 0 Å². The molecular weight excluding hydrogens is 176 g/mol. The minimum absolute atomic E-state index is 1.04. The molecule has 0 radical (unpaired) electrons. The van der Waals surface area contributed by atoms with Crippen LogP contribution in [-0.2, 0) is 7.05 Å². The van der Waals surface area contributed by atoms with Gasteiger partial charge in [0.1, 0.15) is 13.8 Å². The third-order valence-corrected chi connectivity index (χ3v) is 2.55. The summed E-state index contributed by atoms with van der Waals surface area (Å²) < 4.78 is 1.84. The standard InChI is InChI=1S/C10H16N2Si/c1-9-8-11-12(2)10(9)6-7-13(3,4)5/h8H,1-5H3. The van der Waals surface area contributed by atoms with Crippen molar-refractivity contribution in [3.05, 3.63) is 17.5 Å². The molecule has 0 amide bonds. The number of rotatable bonds is 0. The van der Waals surface area contributed by atoms with Gasteiger partial charge in [0.15, 0.2) is 0 Å². The van der Waals surface area contributed by atoms with Gasteiger partial charge in [-0.15, -0.1) is 5.54 Å². The maximum absolute atomic E-state index is 4.15. The minimum Gasteiger partial charge on any atom is -0.260 e. The third-order valence-electron chi connectivity index (χ3n) is 1.68. The van der Waals surface area contributed by atoms with Crippen molar-refractivity contribution in [3.63, 3.8) is 0 Å². The zero-order valence-electron chi connectivity index (χ0n) is 8.97. The van der Waals surface area contributed by atoms with Crippen LogP contribution in [0.1, 0.15) is 11.3 Å². The van der Waals surface area contributed by atoms with Gasteiger partial charge in [0.05, 0.1) is 6.20 Å². The van der Waals surface area contributed by atoms with E-state index in [0.29, 0.717) is 0 Å². The van der Waals surface area contributed by atoms with E-state index in [2.05, 4.69) is 36.2 Å². The van der Waals surface area contributed by atoms with Gasteiger partial charge in [-0.05, 0) is 6.92 Å². The molecule has 0 saturated carbocycles. The maximum Gasteiger partial charge on any atom is 0.129 e. The molecule has 2 nitrogen and oxygen atoms in total. The summed E-state index contributed by atoms with van der Waals surface area (Å²) in [7, 11) is 0.670. The van der Waals surface area contributed by atoms with E-state index in [-0.39, 0.29) is 0 Å². The normalized spacial score (nSPS) is 10.8. The van der Waals surface area contributed by atoms with Crippen molar-refractivity contribution >= 4 is 8.07 Å². The van der Waals surface area contributed by atoms with Crippen LogP contribution in [0.25, 0.3) is 0 Å². The molecule has 0 saturated heterocycles. The predicted octanol–water partition coefficient (Wildman–Crippen LogP) is 1.96. The first-order chi connectivity index (χ1) is 5.90. The van der Waals surface area contributed by atoms with Gasteiger partial charge >= 0.3 is 0 Å². The van der Waals surface area contributed by atoms with Crippen molar-refractivity contribution in [2.45, 2.75) is 26.6 Å². The second kappa shape index (κ2) is 3.39. The summed E-state index contributed by atoms with van der Waals surface area (Å²) in [6.45, 7) is 8.77. The average molecular weight is 192 g/mol. The summed E-state index contributed by atoms with van der Waals surface area (Å²) in [4.78, 5) is 0.